The van der Waals surface area contributed by atoms with Gasteiger partial charge in [-0.15, -0.1) is 0 Å². The normalized spacial score (nSPS) is 21.4. The van der Waals surface area contributed by atoms with Gasteiger partial charge in [-0.05, 0) is 45.6 Å². The van der Waals surface area contributed by atoms with Crippen molar-refractivity contribution in [1.29, 1.82) is 0 Å². The average molecular weight is 384 g/mol. The van der Waals surface area contributed by atoms with Crippen molar-refractivity contribution in [2.75, 3.05) is 26.3 Å². The molecule has 1 unspecified atom stereocenters. The highest BCUT2D eigenvalue weighted by atomic mass is 16.6. The molecular formula is C22H28N2O4. The van der Waals surface area contributed by atoms with Crippen molar-refractivity contribution in [3.8, 4) is 11.3 Å². The Morgan fingerprint density at radius 3 is 2.89 bits per heavy atom. The van der Waals surface area contributed by atoms with Crippen LogP contribution in [0.4, 0.5) is 0 Å². The predicted molar refractivity (Wildman–Crippen MR) is 105 cm³/mol. The molecule has 1 spiro atoms. The van der Waals surface area contributed by atoms with Crippen LogP contribution in [-0.2, 0) is 9.47 Å². The van der Waals surface area contributed by atoms with Gasteiger partial charge in [-0.25, -0.2) is 4.98 Å². The zero-order chi connectivity index (χ0) is 19.6. The lowest BCUT2D eigenvalue weighted by molar-refractivity contribution is -0.0933. The SMILES string of the molecule is CCOCC1CCC2(CCN(C(=O)c3ncoc3-c3cccc(C)c3)CC2)O1. The molecule has 1 aromatic carbocycles. The molecule has 2 aliphatic heterocycles. The molecule has 2 saturated heterocycles. The Bertz CT molecular complexity index is 823. The zero-order valence-electron chi connectivity index (χ0n) is 16.6. The largest absolute Gasteiger partial charge is 0.443 e. The van der Waals surface area contributed by atoms with Gasteiger partial charge in [0.1, 0.15) is 0 Å². The smallest absolute Gasteiger partial charge is 0.276 e. The van der Waals surface area contributed by atoms with E-state index < -0.39 is 0 Å². The first kappa shape index (κ1) is 19.2. The zero-order valence-corrected chi connectivity index (χ0v) is 16.6. The minimum Gasteiger partial charge on any atom is -0.443 e. The summed E-state index contributed by atoms with van der Waals surface area (Å²) in [4.78, 5) is 19.2. The monoisotopic (exact) mass is 384 g/mol. The van der Waals surface area contributed by atoms with Crippen LogP contribution in [0.5, 0.6) is 0 Å². The molecule has 0 radical (unpaired) electrons. The van der Waals surface area contributed by atoms with Gasteiger partial charge in [-0.2, -0.15) is 0 Å². The van der Waals surface area contributed by atoms with Crippen LogP contribution < -0.4 is 0 Å². The first-order valence-corrected chi connectivity index (χ1v) is 10.2. The maximum Gasteiger partial charge on any atom is 0.276 e. The molecule has 150 valence electrons. The Morgan fingerprint density at radius 1 is 1.32 bits per heavy atom. The molecule has 6 nitrogen and oxygen atoms in total. The van der Waals surface area contributed by atoms with Gasteiger partial charge < -0.3 is 18.8 Å². The second-order valence-corrected chi connectivity index (χ2v) is 7.81. The van der Waals surface area contributed by atoms with Gasteiger partial charge in [0.05, 0.1) is 18.3 Å². The molecular weight excluding hydrogens is 356 g/mol. The Kier molecular flexibility index (Phi) is 5.51. The number of amides is 1. The lowest BCUT2D eigenvalue weighted by atomic mass is 9.88. The summed E-state index contributed by atoms with van der Waals surface area (Å²) in [7, 11) is 0. The maximum atomic E-state index is 13.1. The summed E-state index contributed by atoms with van der Waals surface area (Å²) in [6, 6.07) is 7.93. The molecule has 1 atom stereocenters. The van der Waals surface area contributed by atoms with E-state index in [4.69, 9.17) is 13.9 Å². The van der Waals surface area contributed by atoms with Gasteiger partial charge in [0, 0.05) is 25.3 Å². The number of hydrogen-bond acceptors (Lipinski definition) is 5. The first-order chi connectivity index (χ1) is 13.6. The number of ether oxygens (including phenoxy) is 2. The van der Waals surface area contributed by atoms with E-state index in [-0.39, 0.29) is 17.6 Å². The quantitative estimate of drug-likeness (QED) is 0.784. The Labute approximate surface area is 165 Å². The molecule has 0 aliphatic carbocycles. The van der Waals surface area contributed by atoms with E-state index in [9.17, 15) is 4.79 Å². The van der Waals surface area contributed by atoms with Crippen molar-refractivity contribution in [1.82, 2.24) is 9.88 Å². The highest BCUT2D eigenvalue weighted by Gasteiger charge is 2.43. The van der Waals surface area contributed by atoms with Gasteiger partial charge in [0.2, 0.25) is 0 Å². The molecule has 1 amide bonds. The van der Waals surface area contributed by atoms with Crippen LogP contribution in [0, 0.1) is 6.92 Å². The summed E-state index contributed by atoms with van der Waals surface area (Å²) >= 11 is 0. The van der Waals surface area contributed by atoms with Crippen LogP contribution in [0.15, 0.2) is 35.1 Å². The van der Waals surface area contributed by atoms with Crippen LogP contribution in [0.3, 0.4) is 0 Å². The number of benzene rings is 1. The molecule has 2 aliphatic rings. The number of carbonyl (C=O) groups excluding carboxylic acids is 1. The molecule has 6 heteroatoms. The number of nitrogens with zero attached hydrogens (tertiary/aromatic N) is 2. The third-order valence-electron chi connectivity index (χ3n) is 5.86. The number of rotatable bonds is 5. The molecule has 28 heavy (non-hydrogen) atoms. The fourth-order valence-electron chi connectivity index (χ4n) is 4.29. The number of aryl methyl sites for hydroxylation is 1. The van der Waals surface area contributed by atoms with Gasteiger partial charge in [-0.1, -0.05) is 23.8 Å². The van der Waals surface area contributed by atoms with Crippen molar-refractivity contribution >= 4 is 5.91 Å². The minimum absolute atomic E-state index is 0.0658. The highest BCUT2D eigenvalue weighted by molar-refractivity contribution is 5.97. The van der Waals surface area contributed by atoms with Crippen LogP contribution in [0.1, 0.15) is 48.7 Å². The molecule has 0 bridgehead atoms. The molecule has 0 saturated carbocycles. The molecule has 1 aromatic heterocycles. The minimum atomic E-state index is -0.0955. The van der Waals surface area contributed by atoms with E-state index in [0.717, 1.165) is 43.4 Å². The summed E-state index contributed by atoms with van der Waals surface area (Å²) in [5.74, 6) is 0.479. The van der Waals surface area contributed by atoms with E-state index in [1.807, 2.05) is 43.0 Å². The Balaban J connectivity index is 1.41. The summed E-state index contributed by atoms with van der Waals surface area (Å²) in [5.41, 5.74) is 2.30. The fraction of sp³-hybridized carbons (Fsp3) is 0.545. The molecule has 3 heterocycles. The van der Waals surface area contributed by atoms with E-state index in [0.29, 0.717) is 31.2 Å². The van der Waals surface area contributed by atoms with E-state index in [1.54, 1.807) is 0 Å². The van der Waals surface area contributed by atoms with Crippen molar-refractivity contribution in [2.45, 2.75) is 51.2 Å². The number of likely N-dealkylation sites (tertiary alicyclic amines) is 1. The van der Waals surface area contributed by atoms with Crippen LogP contribution in [0.2, 0.25) is 0 Å². The van der Waals surface area contributed by atoms with E-state index in [1.165, 1.54) is 6.39 Å². The van der Waals surface area contributed by atoms with E-state index in [2.05, 4.69) is 4.98 Å². The van der Waals surface area contributed by atoms with Crippen molar-refractivity contribution in [2.24, 2.45) is 0 Å². The fourth-order valence-corrected chi connectivity index (χ4v) is 4.29. The molecule has 2 fully saturated rings. The average Bonchev–Trinajstić information content (AvgIpc) is 3.34. The third-order valence-corrected chi connectivity index (χ3v) is 5.86. The van der Waals surface area contributed by atoms with Gasteiger partial charge in [0.25, 0.3) is 5.91 Å². The van der Waals surface area contributed by atoms with Gasteiger partial charge in [-0.3, -0.25) is 4.79 Å². The summed E-state index contributed by atoms with van der Waals surface area (Å²) in [6.45, 7) is 6.77. The van der Waals surface area contributed by atoms with Crippen molar-refractivity contribution in [3.63, 3.8) is 0 Å². The van der Waals surface area contributed by atoms with Crippen molar-refractivity contribution < 1.29 is 18.7 Å². The lowest BCUT2D eigenvalue weighted by Crippen LogP contribution is -2.47. The van der Waals surface area contributed by atoms with Crippen LogP contribution >= 0.6 is 0 Å². The van der Waals surface area contributed by atoms with Gasteiger partial charge >= 0.3 is 0 Å². The number of aromatic nitrogens is 1. The topological polar surface area (TPSA) is 64.8 Å². The molecule has 0 N–H and O–H groups in total. The number of piperidine rings is 1. The maximum absolute atomic E-state index is 13.1. The van der Waals surface area contributed by atoms with Crippen LogP contribution in [-0.4, -0.2) is 53.8 Å². The number of carbonyl (C=O) groups is 1. The highest BCUT2D eigenvalue weighted by Crippen LogP contribution is 2.39. The second-order valence-electron chi connectivity index (χ2n) is 7.81. The Hall–Kier alpha value is -2.18. The summed E-state index contributed by atoms with van der Waals surface area (Å²) in [6.07, 6.45) is 5.35. The number of hydrogen-bond donors (Lipinski definition) is 0. The second kappa shape index (κ2) is 8.05. The van der Waals surface area contributed by atoms with Crippen LogP contribution in [0.25, 0.3) is 11.3 Å². The number of oxazole rings is 1. The standard InChI is InChI=1S/C22H28N2O4/c1-3-26-14-18-7-8-22(28-18)9-11-24(12-10-22)21(25)19-20(27-15-23-19)17-6-4-5-16(2)13-17/h4-6,13,15,18H,3,7-12,14H2,1-2H3. The van der Waals surface area contributed by atoms with Crippen molar-refractivity contribution in [3.05, 3.63) is 41.9 Å². The third kappa shape index (κ3) is 3.84. The molecule has 4 rings (SSSR count). The van der Waals surface area contributed by atoms with E-state index >= 15 is 0 Å². The van der Waals surface area contributed by atoms with Gasteiger partial charge in [0.15, 0.2) is 17.8 Å². The Morgan fingerprint density at radius 2 is 2.14 bits per heavy atom. The molecule has 2 aromatic rings. The predicted octanol–water partition coefficient (Wildman–Crippen LogP) is 3.84. The summed E-state index contributed by atoms with van der Waals surface area (Å²) in [5, 5.41) is 0. The first-order valence-electron chi connectivity index (χ1n) is 10.2. The lowest BCUT2D eigenvalue weighted by Gasteiger charge is -2.39. The summed E-state index contributed by atoms with van der Waals surface area (Å²) < 4.78 is 17.4.